The molecule has 3 atom stereocenters. The van der Waals surface area contributed by atoms with Gasteiger partial charge in [-0.2, -0.15) is 0 Å². The highest BCUT2D eigenvalue weighted by Crippen LogP contribution is 2.50. The molecule has 0 aromatic heterocycles. The van der Waals surface area contributed by atoms with E-state index in [2.05, 4.69) is 30.0 Å². The van der Waals surface area contributed by atoms with Crippen LogP contribution in [-0.2, 0) is 4.74 Å². The zero-order chi connectivity index (χ0) is 19.1. The summed E-state index contributed by atoms with van der Waals surface area (Å²) in [4.78, 5) is 2.38. The zero-order valence-corrected chi connectivity index (χ0v) is 16.2. The van der Waals surface area contributed by atoms with Gasteiger partial charge in [0.2, 0.25) is 6.79 Å². The molecule has 5 rings (SSSR count). The van der Waals surface area contributed by atoms with Crippen LogP contribution in [0.5, 0.6) is 23.0 Å². The number of morpholine rings is 1. The Morgan fingerprint density at radius 1 is 1.00 bits per heavy atom. The minimum Gasteiger partial charge on any atom is -0.497 e. The van der Waals surface area contributed by atoms with Crippen LogP contribution in [0.15, 0.2) is 36.4 Å². The van der Waals surface area contributed by atoms with Gasteiger partial charge in [0.15, 0.2) is 17.7 Å². The van der Waals surface area contributed by atoms with E-state index in [0.29, 0.717) is 0 Å². The largest absolute Gasteiger partial charge is 0.497 e. The molecule has 0 spiro atoms. The molecule has 148 valence electrons. The molecule has 2 aromatic rings. The Balaban J connectivity index is 1.60. The summed E-state index contributed by atoms with van der Waals surface area (Å²) in [5.41, 5.74) is 2.35. The van der Waals surface area contributed by atoms with Crippen molar-refractivity contribution in [3.8, 4) is 23.0 Å². The Bertz CT molecular complexity index is 864. The Kier molecular flexibility index (Phi) is 4.53. The Morgan fingerprint density at radius 2 is 1.79 bits per heavy atom. The van der Waals surface area contributed by atoms with Crippen LogP contribution in [0.4, 0.5) is 0 Å². The van der Waals surface area contributed by atoms with Crippen LogP contribution >= 0.6 is 0 Å². The number of nitrogens with zero attached hydrogens (tertiary/aromatic N) is 1. The van der Waals surface area contributed by atoms with E-state index in [9.17, 15) is 0 Å². The molecule has 0 saturated carbocycles. The third-order valence-electron chi connectivity index (χ3n) is 5.92. The van der Waals surface area contributed by atoms with Crippen molar-refractivity contribution in [1.29, 1.82) is 0 Å². The van der Waals surface area contributed by atoms with Crippen molar-refractivity contribution >= 4 is 0 Å². The highest BCUT2D eigenvalue weighted by atomic mass is 16.7. The first-order valence-corrected chi connectivity index (χ1v) is 9.80. The molecule has 0 amide bonds. The van der Waals surface area contributed by atoms with E-state index in [-0.39, 0.29) is 24.9 Å². The van der Waals surface area contributed by atoms with E-state index in [1.54, 1.807) is 7.11 Å². The van der Waals surface area contributed by atoms with Crippen molar-refractivity contribution in [2.45, 2.75) is 19.1 Å². The highest BCUT2D eigenvalue weighted by molar-refractivity contribution is 5.56. The van der Waals surface area contributed by atoms with Crippen LogP contribution in [0.2, 0.25) is 0 Å². The fourth-order valence-corrected chi connectivity index (χ4v) is 4.53. The topological polar surface area (TPSA) is 49.4 Å². The summed E-state index contributed by atoms with van der Waals surface area (Å²) in [6, 6.07) is 12.4. The van der Waals surface area contributed by atoms with E-state index < -0.39 is 0 Å². The molecule has 6 heteroatoms. The molecule has 0 aliphatic carbocycles. The van der Waals surface area contributed by atoms with Crippen molar-refractivity contribution in [2.24, 2.45) is 5.92 Å². The second kappa shape index (κ2) is 7.18. The first-order valence-electron chi connectivity index (χ1n) is 9.80. The van der Waals surface area contributed by atoms with Crippen LogP contribution in [-0.4, -0.2) is 51.3 Å². The molecule has 2 aromatic carbocycles. The molecule has 0 bridgehead atoms. The van der Waals surface area contributed by atoms with Crippen LogP contribution in [0.3, 0.4) is 0 Å². The second-order valence-electron chi connectivity index (χ2n) is 7.51. The molecule has 6 nitrogen and oxygen atoms in total. The number of hydrogen-bond acceptors (Lipinski definition) is 6. The van der Waals surface area contributed by atoms with Crippen LogP contribution in [0.1, 0.15) is 24.0 Å². The summed E-state index contributed by atoms with van der Waals surface area (Å²) < 4.78 is 28.8. The molecule has 0 N–H and O–H groups in total. The van der Waals surface area contributed by atoms with Crippen LogP contribution in [0, 0.1) is 5.92 Å². The van der Waals surface area contributed by atoms with Gasteiger partial charge in [-0.25, -0.2) is 0 Å². The van der Waals surface area contributed by atoms with Gasteiger partial charge in [0.05, 0.1) is 20.3 Å². The van der Waals surface area contributed by atoms with Gasteiger partial charge in [-0.15, -0.1) is 0 Å². The van der Waals surface area contributed by atoms with Crippen LogP contribution < -0.4 is 18.9 Å². The van der Waals surface area contributed by atoms with E-state index in [4.69, 9.17) is 23.7 Å². The van der Waals surface area contributed by atoms with Crippen molar-refractivity contribution < 1.29 is 23.7 Å². The van der Waals surface area contributed by atoms with Gasteiger partial charge in [0, 0.05) is 36.6 Å². The van der Waals surface area contributed by atoms with Gasteiger partial charge in [-0.05, 0) is 23.8 Å². The molecule has 0 radical (unpaired) electrons. The molecule has 1 fully saturated rings. The van der Waals surface area contributed by atoms with Gasteiger partial charge in [0.1, 0.15) is 11.5 Å². The zero-order valence-electron chi connectivity index (χ0n) is 16.2. The van der Waals surface area contributed by atoms with Crippen molar-refractivity contribution in [2.75, 3.05) is 40.2 Å². The van der Waals surface area contributed by atoms with E-state index >= 15 is 0 Å². The van der Waals surface area contributed by atoms with Crippen molar-refractivity contribution in [3.05, 3.63) is 47.5 Å². The Labute approximate surface area is 164 Å². The quantitative estimate of drug-likeness (QED) is 0.811. The molecule has 1 saturated heterocycles. The maximum absolute atomic E-state index is 6.52. The lowest BCUT2D eigenvalue weighted by Gasteiger charge is -2.44. The first kappa shape index (κ1) is 17.6. The number of hydrogen-bond donors (Lipinski definition) is 0. The lowest BCUT2D eigenvalue weighted by molar-refractivity contribution is -0.0784. The minimum atomic E-state index is -0.0204. The summed E-state index contributed by atoms with van der Waals surface area (Å²) in [6.07, 6.45) is -0.0204. The Hall–Kier alpha value is -2.44. The van der Waals surface area contributed by atoms with Crippen LogP contribution in [0.25, 0.3) is 0 Å². The van der Waals surface area contributed by atoms with Gasteiger partial charge >= 0.3 is 0 Å². The van der Waals surface area contributed by atoms with E-state index in [1.165, 1.54) is 5.56 Å². The van der Waals surface area contributed by atoms with Crippen molar-refractivity contribution in [3.63, 3.8) is 0 Å². The number of rotatable bonds is 3. The summed E-state index contributed by atoms with van der Waals surface area (Å²) >= 11 is 0. The maximum atomic E-state index is 6.52. The molecule has 3 aliphatic rings. The number of ether oxygens (including phenoxy) is 5. The maximum Gasteiger partial charge on any atom is 0.231 e. The molecule has 28 heavy (non-hydrogen) atoms. The molecule has 3 heterocycles. The molecular weight excluding hydrogens is 358 g/mol. The standard InChI is InChI=1S/C22H25NO5/c1-14-21(15-4-3-5-16(10-15)24-2)17-11-19-20(27-13-26-19)12-18(17)28-22(14)23-6-8-25-9-7-23/h3-5,10-12,14,21-22H,6-9,13H2,1-2H3/t14-,21-,22+/m1/s1. The predicted octanol–water partition coefficient (Wildman–Crippen LogP) is 3.24. The SMILES string of the molecule is COc1cccc([C@@H]2c3cc4c(cc3O[C@H](N3CCOCC3)[C@@H]2C)OCO4)c1. The third kappa shape index (κ3) is 2.97. The Morgan fingerprint density at radius 3 is 2.57 bits per heavy atom. The second-order valence-corrected chi connectivity index (χ2v) is 7.51. The van der Waals surface area contributed by atoms with Gasteiger partial charge in [-0.3, -0.25) is 4.90 Å². The van der Waals surface area contributed by atoms with Gasteiger partial charge in [0.25, 0.3) is 0 Å². The number of methoxy groups -OCH3 is 1. The molecular formula is C22H25NO5. The fourth-order valence-electron chi connectivity index (χ4n) is 4.53. The average Bonchev–Trinajstić information content (AvgIpc) is 3.20. The smallest absolute Gasteiger partial charge is 0.231 e. The lowest BCUT2D eigenvalue weighted by Crippen LogP contribution is -2.52. The molecule has 3 aliphatic heterocycles. The predicted molar refractivity (Wildman–Crippen MR) is 103 cm³/mol. The number of fused-ring (bicyclic) bond motifs is 2. The summed E-state index contributed by atoms with van der Waals surface area (Å²) in [5.74, 6) is 3.68. The minimum absolute atomic E-state index is 0.0204. The highest BCUT2D eigenvalue weighted by Gasteiger charge is 2.41. The normalized spacial score (nSPS) is 26.4. The fraction of sp³-hybridized carbons (Fsp3) is 0.455. The van der Waals surface area contributed by atoms with Gasteiger partial charge < -0.3 is 23.7 Å². The monoisotopic (exact) mass is 383 g/mol. The molecule has 0 unspecified atom stereocenters. The lowest BCUT2D eigenvalue weighted by atomic mass is 9.78. The van der Waals surface area contributed by atoms with Crippen molar-refractivity contribution in [1.82, 2.24) is 4.90 Å². The third-order valence-corrected chi connectivity index (χ3v) is 5.92. The first-order chi connectivity index (χ1) is 13.7. The average molecular weight is 383 g/mol. The van der Waals surface area contributed by atoms with E-state index in [1.807, 2.05) is 18.2 Å². The summed E-state index contributed by atoms with van der Waals surface area (Å²) in [6.45, 7) is 5.75. The number of benzene rings is 2. The summed E-state index contributed by atoms with van der Waals surface area (Å²) in [7, 11) is 1.70. The summed E-state index contributed by atoms with van der Waals surface area (Å²) in [5, 5.41) is 0. The van der Waals surface area contributed by atoms with Gasteiger partial charge in [-0.1, -0.05) is 19.1 Å². The van der Waals surface area contributed by atoms with E-state index in [0.717, 1.165) is 54.9 Å².